The average molecular weight is 529 g/mol. The number of fused-ring (bicyclic) bond motifs is 1. The predicted molar refractivity (Wildman–Crippen MR) is 137 cm³/mol. The number of unbranched alkanes of at least 4 members (excludes halogenated alkanes) is 3. The van der Waals surface area contributed by atoms with Crippen LogP contribution in [0.4, 0.5) is 0 Å². The van der Waals surface area contributed by atoms with Crippen molar-refractivity contribution >= 4 is 17.9 Å². The first-order valence-corrected chi connectivity index (χ1v) is 14.3. The lowest BCUT2D eigenvalue weighted by Gasteiger charge is -2.44. The summed E-state index contributed by atoms with van der Waals surface area (Å²) in [5.74, 6) is -1.60. The minimum Gasteiger partial charge on any atom is -0.463 e. The lowest BCUT2D eigenvalue weighted by atomic mass is 9.97. The molecule has 0 aromatic carbocycles. The fourth-order valence-electron chi connectivity index (χ4n) is 4.97. The molecule has 2 aliphatic rings. The normalized spacial score (nSPS) is 30.5. The molecule has 2 rings (SSSR count). The highest BCUT2D eigenvalue weighted by molar-refractivity contribution is 5.70. The van der Waals surface area contributed by atoms with E-state index < -0.39 is 48.6 Å². The number of ether oxygens (including phenoxy) is 5. The Morgan fingerprint density at radius 2 is 1.59 bits per heavy atom. The molecule has 214 valence electrons. The molecule has 0 spiro atoms. The number of aliphatic hydroxyl groups is 1. The molecule has 0 aromatic heterocycles. The highest BCUT2D eigenvalue weighted by Gasteiger charge is 2.51. The van der Waals surface area contributed by atoms with E-state index in [4.69, 9.17) is 23.7 Å². The molecule has 37 heavy (non-hydrogen) atoms. The van der Waals surface area contributed by atoms with E-state index in [9.17, 15) is 19.5 Å². The maximum absolute atomic E-state index is 12.8. The number of aliphatic hydroxyl groups excluding tert-OH is 1. The van der Waals surface area contributed by atoms with Gasteiger partial charge in [-0.1, -0.05) is 77.6 Å². The summed E-state index contributed by atoms with van der Waals surface area (Å²) in [6, 6.07) is 0. The van der Waals surface area contributed by atoms with Crippen molar-refractivity contribution in [2.45, 2.75) is 154 Å². The molecule has 0 aromatic rings. The molecule has 0 amide bonds. The summed E-state index contributed by atoms with van der Waals surface area (Å²) in [6.07, 6.45) is 8.77. The van der Waals surface area contributed by atoms with Gasteiger partial charge in [-0.25, -0.2) is 0 Å². The Hall–Kier alpha value is -1.71. The van der Waals surface area contributed by atoms with E-state index in [1.807, 2.05) is 0 Å². The van der Waals surface area contributed by atoms with Gasteiger partial charge in [0.2, 0.25) is 0 Å². The van der Waals surface area contributed by atoms with Gasteiger partial charge in [0.25, 0.3) is 0 Å². The number of carbonyl (C=O) groups excluding carboxylic acids is 3. The van der Waals surface area contributed by atoms with Crippen LogP contribution in [0.5, 0.6) is 0 Å². The largest absolute Gasteiger partial charge is 0.463 e. The Morgan fingerprint density at radius 3 is 2.24 bits per heavy atom. The third-order valence-corrected chi connectivity index (χ3v) is 7.00. The summed E-state index contributed by atoms with van der Waals surface area (Å²) in [7, 11) is 0. The molecule has 9 heteroatoms. The molecule has 0 unspecified atom stereocenters. The molecule has 2 heterocycles. The number of hydrogen-bond donors (Lipinski definition) is 1. The van der Waals surface area contributed by atoms with Crippen molar-refractivity contribution in [3.8, 4) is 0 Å². The summed E-state index contributed by atoms with van der Waals surface area (Å²) in [5, 5.41) is 11.0. The van der Waals surface area contributed by atoms with Gasteiger partial charge in [0.1, 0.15) is 18.8 Å². The molecule has 0 radical (unpaired) electrons. The van der Waals surface area contributed by atoms with E-state index >= 15 is 0 Å². The first-order valence-electron chi connectivity index (χ1n) is 14.3. The van der Waals surface area contributed by atoms with Crippen LogP contribution in [0.1, 0.15) is 117 Å². The standard InChI is InChI=1S/C28H48O9/c1-4-5-6-13-16-22-17-14-11-9-7-8-10-12-15-18-24(31)37-27-26(34-21(3)30)25(32)23(19-33-20(2)29)36-28(27)35-22/h22-23,25-28,32H,4-19H2,1-3H3/t22-,23-,25-,26+,27-,28-/m1/s1. The molecular formula is C28H48O9. The average Bonchev–Trinajstić information content (AvgIpc) is 2.84. The summed E-state index contributed by atoms with van der Waals surface area (Å²) in [6.45, 7) is 4.42. The Labute approximate surface area is 221 Å². The number of hydrogen-bond acceptors (Lipinski definition) is 9. The number of carbonyl (C=O) groups is 3. The zero-order chi connectivity index (χ0) is 27.0. The molecular weight excluding hydrogens is 480 g/mol. The van der Waals surface area contributed by atoms with Crippen LogP contribution in [-0.4, -0.2) is 66.4 Å². The highest BCUT2D eigenvalue weighted by Crippen LogP contribution is 2.30. The van der Waals surface area contributed by atoms with Crippen LogP contribution in [0.2, 0.25) is 0 Å². The molecule has 2 aliphatic heterocycles. The first kappa shape index (κ1) is 31.5. The van der Waals surface area contributed by atoms with Crippen molar-refractivity contribution in [2.75, 3.05) is 6.61 Å². The van der Waals surface area contributed by atoms with Crippen LogP contribution in [-0.2, 0) is 38.1 Å². The van der Waals surface area contributed by atoms with Crippen LogP contribution in [0, 0.1) is 0 Å². The smallest absolute Gasteiger partial charge is 0.306 e. The van der Waals surface area contributed by atoms with Crippen LogP contribution in [0.3, 0.4) is 0 Å². The van der Waals surface area contributed by atoms with Gasteiger partial charge in [0.15, 0.2) is 18.5 Å². The minimum absolute atomic E-state index is 0.140. The zero-order valence-electron chi connectivity index (χ0n) is 23.0. The van der Waals surface area contributed by atoms with Crippen LogP contribution in [0.25, 0.3) is 0 Å². The number of rotatable bonds is 8. The molecule has 0 aliphatic carbocycles. The second-order valence-electron chi connectivity index (χ2n) is 10.3. The van der Waals surface area contributed by atoms with Crippen molar-refractivity contribution in [1.29, 1.82) is 0 Å². The van der Waals surface area contributed by atoms with Gasteiger partial charge in [0, 0.05) is 20.3 Å². The Balaban J connectivity index is 2.28. The second-order valence-corrected chi connectivity index (χ2v) is 10.3. The summed E-state index contributed by atoms with van der Waals surface area (Å²) in [4.78, 5) is 36.1. The summed E-state index contributed by atoms with van der Waals surface area (Å²) >= 11 is 0. The van der Waals surface area contributed by atoms with Crippen molar-refractivity contribution < 1.29 is 43.2 Å². The van der Waals surface area contributed by atoms with Crippen molar-refractivity contribution in [3.63, 3.8) is 0 Å². The fourth-order valence-corrected chi connectivity index (χ4v) is 4.97. The maximum atomic E-state index is 12.8. The zero-order valence-corrected chi connectivity index (χ0v) is 23.0. The van der Waals surface area contributed by atoms with Gasteiger partial charge in [0.05, 0.1) is 6.10 Å². The molecule has 6 atom stereocenters. The van der Waals surface area contributed by atoms with Gasteiger partial charge in [-0.05, 0) is 19.3 Å². The Bertz CT molecular complexity index is 683. The van der Waals surface area contributed by atoms with Gasteiger partial charge in [-0.3, -0.25) is 14.4 Å². The fraction of sp³-hybridized carbons (Fsp3) is 0.893. The topological polar surface area (TPSA) is 118 Å². The van der Waals surface area contributed by atoms with Crippen LogP contribution < -0.4 is 0 Å². The lowest BCUT2D eigenvalue weighted by molar-refractivity contribution is -0.316. The monoisotopic (exact) mass is 528 g/mol. The first-order chi connectivity index (χ1) is 17.8. The summed E-state index contributed by atoms with van der Waals surface area (Å²) < 4.78 is 28.8. The number of esters is 3. The Kier molecular flexibility index (Phi) is 15.1. The summed E-state index contributed by atoms with van der Waals surface area (Å²) in [5.41, 5.74) is 0. The van der Waals surface area contributed by atoms with E-state index in [0.717, 1.165) is 70.6 Å². The molecule has 9 nitrogen and oxygen atoms in total. The quantitative estimate of drug-likeness (QED) is 0.270. The van der Waals surface area contributed by atoms with E-state index in [1.165, 1.54) is 26.7 Å². The molecule has 2 saturated heterocycles. The van der Waals surface area contributed by atoms with Crippen LogP contribution >= 0.6 is 0 Å². The molecule has 2 fully saturated rings. The van der Waals surface area contributed by atoms with Crippen molar-refractivity contribution in [2.24, 2.45) is 0 Å². The van der Waals surface area contributed by atoms with Crippen molar-refractivity contribution in [1.82, 2.24) is 0 Å². The van der Waals surface area contributed by atoms with E-state index in [1.54, 1.807) is 0 Å². The molecule has 0 bridgehead atoms. The molecule has 0 saturated carbocycles. The van der Waals surface area contributed by atoms with E-state index in [2.05, 4.69) is 6.92 Å². The third-order valence-electron chi connectivity index (χ3n) is 7.00. The van der Waals surface area contributed by atoms with Crippen molar-refractivity contribution in [3.05, 3.63) is 0 Å². The second kappa shape index (κ2) is 17.7. The highest BCUT2D eigenvalue weighted by atomic mass is 16.7. The van der Waals surface area contributed by atoms with E-state index in [-0.39, 0.29) is 19.1 Å². The van der Waals surface area contributed by atoms with Crippen LogP contribution in [0.15, 0.2) is 0 Å². The SMILES string of the molecule is CCCCCC[C@@H]1CCCCCCCCCCC(=O)O[C@H]2[C@H](O1)O[C@H](COC(C)=O)[C@@H](O)[C@@H]2OC(C)=O. The van der Waals surface area contributed by atoms with Gasteiger partial charge >= 0.3 is 17.9 Å². The Morgan fingerprint density at radius 1 is 0.919 bits per heavy atom. The maximum Gasteiger partial charge on any atom is 0.306 e. The predicted octanol–water partition coefficient (Wildman–Crippen LogP) is 4.75. The van der Waals surface area contributed by atoms with E-state index in [0.29, 0.717) is 6.42 Å². The van der Waals surface area contributed by atoms with Gasteiger partial charge in [-0.15, -0.1) is 0 Å². The van der Waals surface area contributed by atoms with Gasteiger partial charge in [-0.2, -0.15) is 0 Å². The minimum atomic E-state index is -1.37. The van der Waals surface area contributed by atoms with Gasteiger partial charge < -0.3 is 28.8 Å². The lowest BCUT2D eigenvalue weighted by Crippen LogP contribution is -2.62. The molecule has 1 N–H and O–H groups in total. The third kappa shape index (κ3) is 12.1.